The number of fused-ring (bicyclic) bond motifs is 1. The molecule has 120 valence electrons. The van der Waals surface area contributed by atoms with E-state index in [4.69, 9.17) is 0 Å². The van der Waals surface area contributed by atoms with Crippen LogP contribution in [0.15, 0.2) is 29.4 Å². The molecule has 6 nitrogen and oxygen atoms in total. The first-order valence-corrected chi connectivity index (χ1v) is 9.04. The summed E-state index contributed by atoms with van der Waals surface area (Å²) in [5, 5.41) is 4.03. The van der Waals surface area contributed by atoms with E-state index >= 15 is 0 Å². The van der Waals surface area contributed by atoms with E-state index in [1.54, 1.807) is 18.3 Å². The van der Waals surface area contributed by atoms with Crippen molar-refractivity contribution < 1.29 is 8.42 Å². The van der Waals surface area contributed by atoms with Crippen molar-refractivity contribution in [2.45, 2.75) is 37.6 Å². The lowest BCUT2D eigenvalue weighted by molar-refractivity contribution is 0.182. The minimum Gasteiger partial charge on any atom is -0.345 e. The third-order valence-electron chi connectivity index (χ3n) is 4.51. The van der Waals surface area contributed by atoms with E-state index in [1.165, 1.54) is 6.20 Å². The van der Waals surface area contributed by atoms with Gasteiger partial charge in [-0.15, -0.1) is 0 Å². The minimum atomic E-state index is -3.55. The molecule has 22 heavy (non-hydrogen) atoms. The van der Waals surface area contributed by atoms with Crippen molar-refractivity contribution in [1.82, 2.24) is 20.0 Å². The van der Waals surface area contributed by atoms with E-state index in [0.29, 0.717) is 17.6 Å². The molecule has 1 saturated heterocycles. The van der Waals surface area contributed by atoms with Gasteiger partial charge >= 0.3 is 0 Å². The van der Waals surface area contributed by atoms with E-state index in [9.17, 15) is 8.42 Å². The Labute approximate surface area is 130 Å². The standard InChI is InChI=1S/C15H22N4O2S/c1-15(2)6-4-8-16-13(15)10-19-22(20,21)12-9-18-14-11(12)5-3-7-17-14/h3,5,7,9,13,16,19H,4,6,8,10H2,1-2H3,(H,17,18). The molecule has 1 aliphatic heterocycles. The fourth-order valence-corrected chi connectivity index (χ4v) is 4.25. The number of H-pyrrole nitrogens is 1. The molecule has 3 rings (SSSR count). The van der Waals surface area contributed by atoms with Crippen LogP contribution in [-0.2, 0) is 10.0 Å². The fourth-order valence-electron chi connectivity index (χ4n) is 3.04. The van der Waals surface area contributed by atoms with Crippen LogP contribution in [-0.4, -0.2) is 37.5 Å². The molecular weight excluding hydrogens is 300 g/mol. The molecule has 1 unspecified atom stereocenters. The largest absolute Gasteiger partial charge is 0.345 e. The van der Waals surface area contributed by atoms with Gasteiger partial charge in [-0.2, -0.15) is 0 Å². The van der Waals surface area contributed by atoms with E-state index in [1.807, 2.05) is 0 Å². The van der Waals surface area contributed by atoms with Gasteiger partial charge in [0.25, 0.3) is 0 Å². The SMILES string of the molecule is CC1(C)CCCNC1CNS(=O)(=O)c1c[nH]c2ncccc12. The van der Waals surface area contributed by atoms with Gasteiger partial charge in [-0.25, -0.2) is 18.1 Å². The number of pyridine rings is 1. The number of aromatic nitrogens is 2. The molecule has 0 spiro atoms. The summed E-state index contributed by atoms with van der Waals surface area (Å²) < 4.78 is 27.9. The molecule has 2 aromatic rings. The van der Waals surface area contributed by atoms with Crippen LogP contribution in [0.25, 0.3) is 11.0 Å². The van der Waals surface area contributed by atoms with Crippen molar-refractivity contribution in [2.24, 2.45) is 5.41 Å². The number of nitrogens with one attached hydrogen (secondary N) is 3. The van der Waals surface area contributed by atoms with Crippen LogP contribution in [0, 0.1) is 5.41 Å². The first-order valence-electron chi connectivity index (χ1n) is 7.55. The second kappa shape index (κ2) is 5.64. The molecule has 7 heteroatoms. The van der Waals surface area contributed by atoms with Crippen LogP contribution in [0.4, 0.5) is 0 Å². The zero-order chi connectivity index (χ0) is 15.8. The van der Waals surface area contributed by atoms with Gasteiger partial charge in [0.2, 0.25) is 10.0 Å². The van der Waals surface area contributed by atoms with Crippen molar-refractivity contribution >= 4 is 21.1 Å². The molecule has 3 heterocycles. The van der Waals surface area contributed by atoms with Gasteiger partial charge in [-0.05, 0) is 36.9 Å². The monoisotopic (exact) mass is 322 g/mol. The summed E-state index contributed by atoms with van der Waals surface area (Å²) in [6.45, 7) is 5.68. The minimum absolute atomic E-state index is 0.0859. The second-order valence-electron chi connectivity index (χ2n) is 6.50. The molecule has 0 radical (unpaired) electrons. The highest BCUT2D eigenvalue weighted by Gasteiger charge is 2.33. The first-order chi connectivity index (χ1) is 10.4. The van der Waals surface area contributed by atoms with Gasteiger partial charge in [-0.3, -0.25) is 0 Å². The van der Waals surface area contributed by atoms with E-state index in [0.717, 1.165) is 19.4 Å². The Kier molecular flexibility index (Phi) is 3.96. The van der Waals surface area contributed by atoms with E-state index in [2.05, 4.69) is 33.9 Å². The highest BCUT2D eigenvalue weighted by atomic mass is 32.2. The summed E-state index contributed by atoms with van der Waals surface area (Å²) in [4.78, 5) is 7.28. The number of aromatic amines is 1. The normalized spacial score (nSPS) is 22.0. The van der Waals surface area contributed by atoms with Crippen LogP contribution >= 0.6 is 0 Å². The van der Waals surface area contributed by atoms with Crippen molar-refractivity contribution in [1.29, 1.82) is 0 Å². The summed E-state index contributed by atoms with van der Waals surface area (Å²) >= 11 is 0. The third kappa shape index (κ3) is 2.88. The summed E-state index contributed by atoms with van der Waals surface area (Å²) in [5.41, 5.74) is 0.668. The number of hydrogen-bond donors (Lipinski definition) is 3. The number of rotatable bonds is 4. The summed E-state index contributed by atoms with van der Waals surface area (Å²) in [6.07, 6.45) is 5.37. The van der Waals surface area contributed by atoms with Crippen LogP contribution in [0.5, 0.6) is 0 Å². The third-order valence-corrected chi connectivity index (χ3v) is 5.98. The van der Waals surface area contributed by atoms with Crippen molar-refractivity contribution in [3.63, 3.8) is 0 Å². The average molecular weight is 322 g/mol. The molecule has 3 N–H and O–H groups in total. The number of sulfonamides is 1. The summed E-state index contributed by atoms with van der Waals surface area (Å²) in [5.74, 6) is 0. The lowest BCUT2D eigenvalue weighted by atomic mass is 9.78. The van der Waals surface area contributed by atoms with Crippen molar-refractivity contribution in [3.8, 4) is 0 Å². The Balaban J connectivity index is 1.79. The highest BCUT2D eigenvalue weighted by molar-refractivity contribution is 7.89. The number of piperidine rings is 1. The molecule has 0 aliphatic carbocycles. The molecule has 1 fully saturated rings. The van der Waals surface area contributed by atoms with Gasteiger partial charge in [0.15, 0.2) is 0 Å². The molecule has 0 aromatic carbocycles. The Bertz CT molecular complexity index is 767. The van der Waals surface area contributed by atoms with Crippen molar-refractivity contribution in [2.75, 3.05) is 13.1 Å². The van der Waals surface area contributed by atoms with Crippen molar-refractivity contribution in [3.05, 3.63) is 24.5 Å². The Hall–Kier alpha value is -1.44. The molecule has 2 aromatic heterocycles. The van der Waals surface area contributed by atoms with Crippen LogP contribution in [0.2, 0.25) is 0 Å². The second-order valence-corrected chi connectivity index (χ2v) is 8.24. The maximum atomic E-state index is 12.6. The van der Waals surface area contributed by atoms with E-state index in [-0.39, 0.29) is 16.4 Å². The quantitative estimate of drug-likeness (QED) is 0.798. The molecule has 1 atom stereocenters. The topological polar surface area (TPSA) is 86.9 Å². The van der Waals surface area contributed by atoms with Gasteiger partial charge in [0.1, 0.15) is 10.5 Å². The van der Waals surface area contributed by atoms with Gasteiger partial charge < -0.3 is 10.3 Å². The van der Waals surface area contributed by atoms with Crippen LogP contribution in [0.3, 0.4) is 0 Å². The predicted molar refractivity (Wildman–Crippen MR) is 86.1 cm³/mol. The summed E-state index contributed by atoms with van der Waals surface area (Å²) in [6, 6.07) is 3.64. The zero-order valence-electron chi connectivity index (χ0n) is 12.9. The zero-order valence-corrected chi connectivity index (χ0v) is 13.7. The van der Waals surface area contributed by atoms with Crippen LogP contribution in [0.1, 0.15) is 26.7 Å². The Morgan fingerprint density at radius 3 is 3.05 bits per heavy atom. The number of nitrogens with zero attached hydrogens (tertiary/aromatic N) is 1. The molecule has 0 saturated carbocycles. The number of hydrogen-bond acceptors (Lipinski definition) is 4. The average Bonchev–Trinajstić information content (AvgIpc) is 2.90. The van der Waals surface area contributed by atoms with Gasteiger partial charge in [0.05, 0.1) is 0 Å². The highest BCUT2D eigenvalue weighted by Crippen LogP contribution is 2.30. The molecular formula is C15H22N4O2S. The van der Waals surface area contributed by atoms with E-state index < -0.39 is 10.0 Å². The lowest BCUT2D eigenvalue weighted by Gasteiger charge is -2.39. The first kappa shape index (κ1) is 15.5. The smallest absolute Gasteiger partial charge is 0.242 e. The van der Waals surface area contributed by atoms with Crippen LogP contribution < -0.4 is 10.0 Å². The fraction of sp³-hybridized carbons (Fsp3) is 0.533. The molecule has 0 amide bonds. The lowest BCUT2D eigenvalue weighted by Crippen LogP contribution is -2.52. The van der Waals surface area contributed by atoms with Gasteiger partial charge in [-0.1, -0.05) is 13.8 Å². The predicted octanol–water partition coefficient (Wildman–Crippen LogP) is 1.62. The Morgan fingerprint density at radius 1 is 1.45 bits per heavy atom. The van der Waals surface area contributed by atoms with Gasteiger partial charge in [0, 0.05) is 30.4 Å². The molecule has 1 aliphatic rings. The molecule has 0 bridgehead atoms. The maximum Gasteiger partial charge on any atom is 0.242 e. The maximum absolute atomic E-state index is 12.6. The Morgan fingerprint density at radius 2 is 2.27 bits per heavy atom. The summed E-state index contributed by atoms with van der Waals surface area (Å²) in [7, 11) is -3.55.